The monoisotopic (exact) mass is 472 g/mol. The molecule has 8 heteroatoms. The average Bonchev–Trinajstić information content (AvgIpc) is 3.26. The molecule has 0 aliphatic carbocycles. The van der Waals surface area contributed by atoms with Crippen LogP contribution in [-0.4, -0.2) is 66.2 Å². The van der Waals surface area contributed by atoms with Gasteiger partial charge in [-0.2, -0.15) is 5.10 Å². The number of aromatic nitrogens is 2. The van der Waals surface area contributed by atoms with E-state index in [1.165, 1.54) is 16.8 Å². The zero-order valence-electron chi connectivity index (χ0n) is 20.6. The second-order valence-corrected chi connectivity index (χ2v) is 9.50. The maximum Gasteiger partial charge on any atom is 0.276 e. The Morgan fingerprint density at radius 1 is 1.00 bits per heavy atom. The highest BCUT2D eigenvalue weighted by Gasteiger charge is 2.31. The zero-order chi connectivity index (χ0) is 24.5. The topological polar surface area (TPSA) is 84.6 Å². The molecule has 2 aliphatic rings. The molecule has 5 rings (SSSR count). The van der Waals surface area contributed by atoms with Gasteiger partial charge in [-0.25, -0.2) is 0 Å². The van der Waals surface area contributed by atoms with Crippen LogP contribution in [0.25, 0.3) is 0 Å². The van der Waals surface area contributed by atoms with Gasteiger partial charge in [-0.3, -0.25) is 19.6 Å². The highest BCUT2D eigenvalue weighted by atomic mass is 16.2. The predicted octanol–water partition coefficient (Wildman–Crippen LogP) is 3.30. The van der Waals surface area contributed by atoms with Crippen LogP contribution in [0.15, 0.2) is 42.5 Å². The molecule has 8 nitrogen and oxygen atoms in total. The van der Waals surface area contributed by atoms with E-state index in [1.54, 1.807) is 4.90 Å². The molecule has 0 atom stereocenters. The van der Waals surface area contributed by atoms with Gasteiger partial charge in [-0.1, -0.05) is 29.8 Å². The third-order valence-corrected chi connectivity index (χ3v) is 7.17. The van der Waals surface area contributed by atoms with Crippen molar-refractivity contribution < 1.29 is 9.59 Å². The van der Waals surface area contributed by atoms with Crippen LogP contribution >= 0.6 is 0 Å². The van der Waals surface area contributed by atoms with Gasteiger partial charge in [-0.15, -0.1) is 0 Å². The van der Waals surface area contributed by atoms with Crippen LogP contribution in [0.2, 0.25) is 0 Å². The maximum absolute atomic E-state index is 13.0. The summed E-state index contributed by atoms with van der Waals surface area (Å²) in [5.74, 6) is 0.245. The molecule has 0 saturated carbocycles. The molecule has 3 heterocycles. The van der Waals surface area contributed by atoms with E-state index in [0.29, 0.717) is 31.0 Å². The van der Waals surface area contributed by atoms with E-state index in [4.69, 9.17) is 0 Å². The van der Waals surface area contributed by atoms with Crippen molar-refractivity contribution in [2.45, 2.75) is 27.2 Å². The van der Waals surface area contributed by atoms with E-state index in [-0.39, 0.29) is 11.8 Å². The zero-order valence-corrected chi connectivity index (χ0v) is 20.6. The summed E-state index contributed by atoms with van der Waals surface area (Å²) in [6.07, 6.45) is 0.635. The fourth-order valence-corrected chi connectivity index (χ4v) is 4.92. The molecule has 2 amide bonds. The smallest absolute Gasteiger partial charge is 0.276 e. The third-order valence-electron chi connectivity index (χ3n) is 7.17. The van der Waals surface area contributed by atoms with Crippen molar-refractivity contribution in [2.24, 2.45) is 0 Å². The number of fused-ring (bicyclic) bond motifs is 1. The Labute approximate surface area is 205 Å². The van der Waals surface area contributed by atoms with Crippen molar-refractivity contribution in [1.29, 1.82) is 0 Å². The first-order chi connectivity index (χ1) is 16.9. The number of anilines is 3. The van der Waals surface area contributed by atoms with Crippen LogP contribution in [0.1, 0.15) is 32.7 Å². The molecule has 35 heavy (non-hydrogen) atoms. The minimum absolute atomic E-state index is 0.104. The fraction of sp³-hybridized carbons (Fsp3) is 0.370. The minimum atomic E-state index is -0.120. The Morgan fingerprint density at radius 2 is 1.74 bits per heavy atom. The van der Waals surface area contributed by atoms with E-state index in [9.17, 15) is 9.59 Å². The molecule has 1 aromatic heterocycles. The number of aromatic amines is 1. The lowest BCUT2D eigenvalue weighted by molar-refractivity contribution is -0.117. The molecule has 182 valence electrons. The van der Waals surface area contributed by atoms with Crippen molar-refractivity contribution in [2.75, 3.05) is 54.4 Å². The number of carbonyl (C=O) groups is 2. The number of H-pyrrole nitrogens is 1. The van der Waals surface area contributed by atoms with Gasteiger partial charge in [0.15, 0.2) is 5.82 Å². The molecule has 2 N–H and O–H groups in total. The molecule has 2 aromatic carbocycles. The number of carbonyl (C=O) groups excluding carboxylic acids is 2. The van der Waals surface area contributed by atoms with Gasteiger partial charge < -0.3 is 15.1 Å². The number of amides is 2. The van der Waals surface area contributed by atoms with Crippen molar-refractivity contribution in [3.05, 3.63) is 70.4 Å². The van der Waals surface area contributed by atoms with Gasteiger partial charge in [0.25, 0.3) is 5.91 Å². The number of nitrogens with zero attached hydrogens (tertiary/aromatic N) is 4. The summed E-state index contributed by atoms with van der Waals surface area (Å²) < 4.78 is 0. The normalized spacial score (nSPS) is 16.4. The number of hydrogen-bond acceptors (Lipinski definition) is 5. The van der Waals surface area contributed by atoms with Crippen LogP contribution in [0.4, 0.5) is 17.2 Å². The number of piperazine rings is 1. The predicted molar refractivity (Wildman–Crippen MR) is 138 cm³/mol. The Balaban J connectivity index is 1.18. The lowest BCUT2D eigenvalue weighted by Gasteiger charge is -2.36. The summed E-state index contributed by atoms with van der Waals surface area (Å²) in [5, 5.41) is 10.0. The Kier molecular flexibility index (Phi) is 6.30. The average molecular weight is 473 g/mol. The van der Waals surface area contributed by atoms with Crippen LogP contribution in [0.5, 0.6) is 0 Å². The van der Waals surface area contributed by atoms with E-state index in [0.717, 1.165) is 43.0 Å². The van der Waals surface area contributed by atoms with Gasteiger partial charge in [0.05, 0.1) is 6.54 Å². The van der Waals surface area contributed by atoms with Crippen molar-refractivity contribution in [3.63, 3.8) is 0 Å². The fourth-order valence-electron chi connectivity index (χ4n) is 4.92. The summed E-state index contributed by atoms with van der Waals surface area (Å²) in [7, 11) is 0. The summed E-state index contributed by atoms with van der Waals surface area (Å²) in [6, 6.07) is 14.3. The number of rotatable bonds is 5. The first kappa shape index (κ1) is 23.1. The maximum atomic E-state index is 13.0. The molecule has 0 radical (unpaired) electrons. The van der Waals surface area contributed by atoms with Gasteiger partial charge in [0, 0.05) is 49.7 Å². The summed E-state index contributed by atoms with van der Waals surface area (Å²) in [5.41, 5.74) is 7.15. The van der Waals surface area contributed by atoms with Crippen LogP contribution in [0, 0.1) is 20.8 Å². The molecule has 2 aliphatic heterocycles. The summed E-state index contributed by atoms with van der Waals surface area (Å²) >= 11 is 0. The summed E-state index contributed by atoms with van der Waals surface area (Å²) in [4.78, 5) is 32.2. The van der Waals surface area contributed by atoms with Crippen molar-refractivity contribution in [1.82, 2.24) is 15.1 Å². The van der Waals surface area contributed by atoms with E-state index >= 15 is 0 Å². The number of benzene rings is 2. The molecule has 0 unspecified atom stereocenters. The highest BCUT2D eigenvalue weighted by Crippen LogP contribution is 2.28. The van der Waals surface area contributed by atoms with Crippen LogP contribution in [0.3, 0.4) is 0 Å². The molecular formula is C27H32N6O2. The molecular weight excluding hydrogens is 440 g/mol. The van der Waals surface area contributed by atoms with Crippen molar-refractivity contribution >= 4 is 29.0 Å². The van der Waals surface area contributed by atoms with Gasteiger partial charge in [-0.05, 0) is 56.5 Å². The quantitative estimate of drug-likeness (QED) is 0.595. The largest absolute Gasteiger partial charge is 0.369 e. The molecule has 3 aromatic rings. The molecule has 0 spiro atoms. The van der Waals surface area contributed by atoms with E-state index < -0.39 is 0 Å². The van der Waals surface area contributed by atoms with Crippen molar-refractivity contribution in [3.8, 4) is 0 Å². The Bertz CT molecular complexity index is 1240. The highest BCUT2D eigenvalue weighted by molar-refractivity contribution is 6.08. The Morgan fingerprint density at radius 3 is 2.49 bits per heavy atom. The first-order valence-corrected chi connectivity index (χ1v) is 12.2. The Hall–Kier alpha value is -3.65. The standard InChI is InChI=1S/C27H32N6O2/c1-18-7-9-21(10-8-18)33-12-11-22-25(27(33)35)29-30-26(22)28-24(34)17-31-13-15-32(16-14-31)23-6-4-5-19(2)20(23)3/h4-10H,11-17H2,1-3H3,(H2,28,29,30,34). The molecule has 0 bridgehead atoms. The number of nitrogens with one attached hydrogen (secondary N) is 2. The van der Waals surface area contributed by atoms with Crippen LogP contribution < -0.4 is 15.1 Å². The van der Waals surface area contributed by atoms with Gasteiger partial charge in [0.1, 0.15) is 5.69 Å². The van der Waals surface area contributed by atoms with E-state index in [1.807, 2.05) is 31.2 Å². The SMILES string of the molecule is Cc1ccc(N2CCc3c(NC(=O)CN4CCN(c5cccc(C)c5C)CC4)n[nH]c3C2=O)cc1. The number of hydrogen-bond donors (Lipinski definition) is 2. The van der Waals surface area contributed by atoms with Crippen LogP contribution in [-0.2, 0) is 11.2 Å². The second kappa shape index (κ2) is 9.54. The summed E-state index contributed by atoms with van der Waals surface area (Å²) in [6.45, 7) is 10.6. The lowest BCUT2D eigenvalue weighted by Crippen LogP contribution is -2.49. The van der Waals surface area contributed by atoms with Gasteiger partial charge in [0.2, 0.25) is 5.91 Å². The minimum Gasteiger partial charge on any atom is -0.369 e. The molecule has 1 saturated heterocycles. The lowest BCUT2D eigenvalue weighted by atomic mass is 10.0. The third kappa shape index (κ3) is 4.66. The first-order valence-electron chi connectivity index (χ1n) is 12.2. The molecule has 1 fully saturated rings. The van der Waals surface area contributed by atoms with Gasteiger partial charge >= 0.3 is 0 Å². The van der Waals surface area contributed by atoms with E-state index in [2.05, 4.69) is 57.4 Å². The number of aryl methyl sites for hydroxylation is 2. The second-order valence-electron chi connectivity index (χ2n) is 9.50.